The maximum atomic E-state index is 12.1. The Morgan fingerprint density at radius 3 is 2.75 bits per heavy atom. The highest BCUT2D eigenvalue weighted by Crippen LogP contribution is 2.11. The van der Waals surface area contributed by atoms with Gasteiger partial charge in [-0.15, -0.1) is 0 Å². The van der Waals surface area contributed by atoms with Gasteiger partial charge in [0.1, 0.15) is 0 Å². The van der Waals surface area contributed by atoms with Gasteiger partial charge >= 0.3 is 5.97 Å². The molecule has 3 nitrogen and oxygen atoms in total. The molecule has 1 aromatic carbocycles. The third-order valence-corrected chi connectivity index (χ3v) is 1.78. The smallest absolute Gasteiger partial charge is 0.333 e. The summed E-state index contributed by atoms with van der Waals surface area (Å²) >= 11 is 0. The highest BCUT2D eigenvalue weighted by Gasteiger charge is 2.27. The Balaban J connectivity index is 3.44. The zero-order chi connectivity index (χ0) is 17.0. The van der Waals surface area contributed by atoms with Crippen molar-refractivity contribution in [2.45, 2.75) is 26.2 Å². The fourth-order valence-electron chi connectivity index (χ4n) is 0.999. The number of nitrogens with zero attached hydrogens (tertiary/aromatic N) is 1. The van der Waals surface area contributed by atoms with E-state index in [1.165, 1.54) is 6.92 Å². The summed E-state index contributed by atoms with van der Waals surface area (Å²) in [4.78, 5) is 15.8. The molecule has 0 aliphatic rings. The molecule has 0 spiro atoms. The molecule has 86 valence electrons. The number of aliphatic imine (C=N–C) groups is 1. The van der Waals surface area contributed by atoms with Gasteiger partial charge in [0, 0.05) is 14.4 Å². The number of ether oxygens (including phenoxy) is 1. The quantitative estimate of drug-likeness (QED) is 0.583. The first kappa shape index (κ1) is 6.18. The normalized spacial score (nSPS) is 18.8. The molecule has 0 fully saturated rings. The molecule has 0 atom stereocenters. The van der Waals surface area contributed by atoms with Gasteiger partial charge in [-0.2, -0.15) is 0 Å². The van der Waals surface area contributed by atoms with E-state index < -0.39 is 25.2 Å². The van der Waals surface area contributed by atoms with Crippen molar-refractivity contribution in [2.75, 3.05) is 6.61 Å². The maximum absolute atomic E-state index is 12.1. The number of hydrogen-bond acceptors (Lipinski definition) is 3. The number of esters is 1. The summed E-state index contributed by atoms with van der Waals surface area (Å²) in [5.41, 5.74) is -2.48. The van der Waals surface area contributed by atoms with Gasteiger partial charge in [0.15, 0.2) is 5.54 Å². The van der Waals surface area contributed by atoms with E-state index in [-0.39, 0.29) is 6.61 Å². The molecule has 1 aromatic rings. The Kier molecular flexibility index (Phi) is 2.10. The first-order valence-corrected chi connectivity index (χ1v) is 4.84. The lowest BCUT2D eigenvalue weighted by Crippen LogP contribution is -2.31. The highest BCUT2D eigenvalue weighted by molar-refractivity contribution is 5.86. The van der Waals surface area contributed by atoms with Crippen molar-refractivity contribution in [2.24, 2.45) is 4.99 Å². The number of carbonyl (C=O) groups is 1. The summed E-state index contributed by atoms with van der Waals surface area (Å²) in [6, 6.07) is 8.32. The highest BCUT2D eigenvalue weighted by atomic mass is 16.5. The Bertz CT molecular complexity index is 522. The summed E-state index contributed by atoms with van der Waals surface area (Å²) in [6.45, 7) is -5.05. The van der Waals surface area contributed by atoms with E-state index >= 15 is 0 Å². The molecule has 0 aliphatic heterocycles. The lowest BCUT2D eigenvalue weighted by atomic mass is 10.1. The molecule has 0 aliphatic carbocycles. The van der Waals surface area contributed by atoms with E-state index in [1.54, 1.807) is 30.3 Å². The lowest BCUT2D eigenvalue weighted by Gasteiger charge is -2.16. The van der Waals surface area contributed by atoms with Gasteiger partial charge in [-0.05, 0) is 26.2 Å². The first-order valence-electron chi connectivity index (χ1n) is 7.84. The second-order valence-electron chi connectivity index (χ2n) is 3.10. The number of carbonyl (C=O) groups excluding carboxylic acids is 1. The minimum absolute atomic E-state index is 0.145. The van der Waals surface area contributed by atoms with Crippen LogP contribution in [-0.2, 0) is 9.53 Å². The van der Waals surface area contributed by atoms with Gasteiger partial charge in [-0.3, -0.25) is 4.99 Å². The van der Waals surface area contributed by atoms with Gasteiger partial charge in [0.2, 0.25) is 0 Å². The van der Waals surface area contributed by atoms with Crippen LogP contribution in [0.4, 0.5) is 0 Å². The third kappa shape index (κ3) is 3.50. The zero-order valence-corrected chi connectivity index (χ0v) is 8.93. The largest absolute Gasteiger partial charge is 0.464 e. The fourth-order valence-corrected chi connectivity index (χ4v) is 0.999. The van der Waals surface area contributed by atoms with Crippen molar-refractivity contribution in [3.8, 4) is 0 Å². The molecule has 0 radical (unpaired) electrons. The fraction of sp³-hybridized carbons (Fsp3) is 0.385. The Hall–Kier alpha value is -1.64. The summed E-state index contributed by atoms with van der Waals surface area (Å²) in [5, 5.41) is 0. The molecule has 0 saturated carbocycles. The van der Waals surface area contributed by atoms with Crippen LogP contribution in [0.15, 0.2) is 35.3 Å². The SMILES string of the molecule is [2H]C([2H])([2H])C(N=Cc1ccccc1)(C(=O)OCC)C([2H])([2H])[2H]. The van der Waals surface area contributed by atoms with E-state index in [9.17, 15) is 4.79 Å². The van der Waals surface area contributed by atoms with Crippen molar-refractivity contribution in [3.63, 3.8) is 0 Å². The van der Waals surface area contributed by atoms with Crippen LogP contribution in [0.3, 0.4) is 0 Å². The third-order valence-electron chi connectivity index (χ3n) is 1.78. The van der Waals surface area contributed by atoms with Crippen LogP contribution in [0.25, 0.3) is 0 Å². The molecule has 0 bridgehead atoms. The lowest BCUT2D eigenvalue weighted by molar-refractivity contribution is -0.148. The van der Waals surface area contributed by atoms with E-state index in [4.69, 9.17) is 8.22 Å². The van der Waals surface area contributed by atoms with Gasteiger partial charge < -0.3 is 4.74 Å². The van der Waals surface area contributed by atoms with Crippen LogP contribution < -0.4 is 0 Å². The predicted octanol–water partition coefficient (Wildman–Crippen LogP) is 2.45. The molecule has 16 heavy (non-hydrogen) atoms. The van der Waals surface area contributed by atoms with Crippen LogP contribution in [0, 0.1) is 0 Å². The maximum Gasteiger partial charge on any atom is 0.333 e. The second kappa shape index (κ2) is 5.45. The van der Waals surface area contributed by atoms with Crippen LogP contribution >= 0.6 is 0 Å². The molecule has 0 aromatic heterocycles. The topological polar surface area (TPSA) is 38.7 Å². The van der Waals surface area contributed by atoms with Crippen molar-refractivity contribution in [1.29, 1.82) is 0 Å². The number of benzene rings is 1. The van der Waals surface area contributed by atoms with Gasteiger partial charge in [-0.1, -0.05) is 30.3 Å². The van der Waals surface area contributed by atoms with Gasteiger partial charge in [0.25, 0.3) is 0 Å². The first-order chi connectivity index (χ1) is 10.1. The van der Waals surface area contributed by atoms with E-state index in [0.717, 1.165) is 6.21 Å². The Morgan fingerprint density at radius 1 is 1.50 bits per heavy atom. The average molecular weight is 225 g/mol. The summed E-state index contributed by atoms with van der Waals surface area (Å²) < 4.78 is 49.8. The molecule has 0 N–H and O–H groups in total. The number of hydrogen-bond donors (Lipinski definition) is 0. The second-order valence-corrected chi connectivity index (χ2v) is 3.10. The molecule has 0 saturated heterocycles. The summed E-state index contributed by atoms with van der Waals surface area (Å²) in [7, 11) is 0. The number of rotatable bonds is 4. The minimum atomic E-state index is -3.18. The molecular formula is C13H17NO2. The van der Waals surface area contributed by atoms with E-state index in [2.05, 4.69) is 9.73 Å². The monoisotopic (exact) mass is 225 g/mol. The van der Waals surface area contributed by atoms with Crippen LogP contribution in [0.5, 0.6) is 0 Å². The van der Waals surface area contributed by atoms with E-state index in [1.807, 2.05) is 0 Å². The Labute approximate surface area is 105 Å². The van der Waals surface area contributed by atoms with Crippen molar-refractivity contribution >= 4 is 12.2 Å². The molecule has 0 heterocycles. The van der Waals surface area contributed by atoms with Crippen molar-refractivity contribution < 1.29 is 17.8 Å². The summed E-state index contributed by atoms with van der Waals surface area (Å²) in [5.74, 6) is -1.39. The molecule has 1 rings (SSSR count). The predicted molar refractivity (Wildman–Crippen MR) is 64.7 cm³/mol. The van der Waals surface area contributed by atoms with Gasteiger partial charge in [0.05, 0.1) is 6.61 Å². The molecule has 0 unspecified atom stereocenters. The molecule has 0 amide bonds. The van der Waals surface area contributed by atoms with Crippen molar-refractivity contribution in [3.05, 3.63) is 35.9 Å². The van der Waals surface area contributed by atoms with Crippen LogP contribution in [-0.4, -0.2) is 24.3 Å². The van der Waals surface area contributed by atoms with Crippen LogP contribution in [0.1, 0.15) is 34.4 Å². The van der Waals surface area contributed by atoms with E-state index in [0.29, 0.717) is 5.56 Å². The zero-order valence-electron chi connectivity index (χ0n) is 14.9. The average Bonchev–Trinajstić information content (AvgIpc) is 2.37. The standard InChI is InChI=1S/C13H17NO2/c1-4-16-12(15)13(2,3)14-10-11-8-6-5-7-9-11/h5-10H,4H2,1-3H3/i2D3,3D3. The summed E-state index contributed by atoms with van der Waals surface area (Å²) in [6.07, 6.45) is 1.07. The van der Waals surface area contributed by atoms with Gasteiger partial charge in [-0.25, -0.2) is 4.79 Å². The van der Waals surface area contributed by atoms with Crippen LogP contribution in [0.2, 0.25) is 0 Å². The molecular weight excluding hydrogens is 202 g/mol. The Morgan fingerprint density at radius 2 is 2.19 bits per heavy atom. The molecule has 3 heteroatoms. The minimum Gasteiger partial charge on any atom is -0.464 e. The van der Waals surface area contributed by atoms with Crippen molar-refractivity contribution in [1.82, 2.24) is 0 Å².